The van der Waals surface area contributed by atoms with E-state index in [1.165, 1.54) is 0 Å². The molecule has 8 atom stereocenters. The van der Waals surface area contributed by atoms with Crippen LogP contribution in [0.3, 0.4) is 0 Å². The van der Waals surface area contributed by atoms with Crippen molar-refractivity contribution in [2.45, 2.75) is 74.2 Å². The van der Waals surface area contributed by atoms with Gasteiger partial charge >= 0.3 is 0 Å². The smallest absolute Gasteiger partial charge is 0.124 e. The van der Waals surface area contributed by atoms with Crippen LogP contribution in [0, 0.1) is 29.6 Å². The third-order valence-electron chi connectivity index (χ3n) is 6.12. The van der Waals surface area contributed by atoms with Gasteiger partial charge in [-0.3, -0.25) is 0 Å². The number of rotatable bonds is 4. The fourth-order valence-electron chi connectivity index (χ4n) is 3.85. The summed E-state index contributed by atoms with van der Waals surface area (Å²) in [7, 11) is 0. The van der Waals surface area contributed by atoms with Gasteiger partial charge in [0.25, 0.3) is 0 Å². The molecular weight excluding hydrogens is 288 g/mol. The Kier molecular flexibility index (Phi) is 7.60. The summed E-state index contributed by atoms with van der Waals surface area (Å²) in [6.07, 6.45) is 3.00. The van der Waals surface area contributed by atoms with E-state index < -0.39 is 0 Å². The summed E-state index contributed by atoms with van der Waals surface area (Å²) in [5.74, 6) is 3.77. The van der Waals surface area contributed by atoms with Gasteiger partial charge in [0.05, 0.1) is 31.2 Å². The Hall–Kier alpha value is -0.540. The lowest BCUT2D eigenvalue weighted by molar-refractivity contribution is -0.144. The second kappa shape index (κ2) is 8.53. The lowest BCUT2D eigenvalue weighted by Crippen LogP contribution is -2.45. The first-order valence-corrected chi connectivity index (χ1v) is 8.89. The van der Waals surface area contributed by atoms with E-state index in [9.17, 15) is 0 Å². The molecule has 0 saturated carbocycles. The number of allylic oxidation sites excluding steroid dienone is 2. The average Bonchev–Trinajstić information content (AvgIpc) is 2.45. The highest BCUT2D eigenvalue weighted by Crippen LogP contribution is 2.35. The van der Waals surface area contributed by atoms with Gasteiger partial charge < -0.3 is 14.2 Å². The predicted molar refractivity (Wildman–Crippen MR) is 96.3 cm³/mol. The highest BCUT2D eigenvalue weighted by Gasteiger charge is 2.37. The molecule has 0 spiro atoms. The van der Waals surface area contributed by atoms with Crippen molar-refractivity contribution in [1.29, 1.82) is 0 Å². The molecule has 0 aromatic carbocycles. The monoisotopic (exact) mass is 326 g/mol. The van der Waals surface area contributed by atoms with Crippen LogP contribution in [0.2, 0.25) is 0 Å². The van der Waals surface area contributed by atoms with Crippen molar-refractivity contribution >= 4 is 0 Å². The topological polar surface area (TPSA) is 27.7 Å². The van der Waals surface area contributed by atoms with E-state index in [-0.39, 0.29) is 19.6 Å². The number of ether oxygens (including phenoxy) is 3. The summed E-state index contributed by atoms with van der Waals surface area (Å²) in [5.41, 5.74) is 0. The minimum atomic E-state index is 0. The Morgan fingerprint density at radius 3 is 2.22 bits per heavy atom. The maximum atomic E-state index is 6.07. The molecular formula is C20H38O3. The zero-order valence-electron chi connectivity index (χ0n) is 15.3. The molecule has 0 aromatic heterocycles. The third kappa shape index (κ3) is 4.73. The van der Waals surface area contributed by atoms with Crippen molar-refractivity contribution < 1.29 is 14.2 Å². The minimum Gasteiger partial charge on any atom is -0.493 e. The Labute approximate surface area is 143 Å². The maximum absolute atomic E-state index is 6.07. The van der Waals surface area contributed by atoms with Gasteiger partial charge in [0.2, 0.25) is 0 Å². The summed E-state index contributed by atoms with van der Waals surface area (Å²) in [6.45, 7) is 17.0. The highest BCUT2D eigenvalue weighted by molar-refractivity contribution is 5.00. The molecule has 8 unspecified atom stereocenters. The van der Waals surface area contributed by atoms with Crippen LogP contribution in [-0.4, -0.2) is 31.5 Å². The summed E-state index contributed by atoms with van der Waals surface area (Å²) < 4.78 is 18.1. The first-order valence-electron chi connectivity index (χ1n) is 8.89. The molecule has 1 fully saturated rings. The van der Waals surface area contributed by atoms with Gasteiger partial charge in [0.1, 0.15) is 6.10 Å². The van der Waals surface area contributed by atoms with Crippen LogP contribution in [0.5, 0.6) is 0 Å². The molecule has 3 nitrogen and oxygen atoms in total. The van der Waals surface area contributed by atoms with Crippen LogP contribution in [0.1, 0.15) is 55.9 Å². The first kappa shape index (κ1) is 20.5. The zero-order chi connectivity index (χ0) is 16.4. The Morgan fingerprint density at radius 2 is 1.57 bits per heavy atom. The van der Waals surface area contributed by atoms with Crippen molar-refractivity contribution in [3.8, 4) is 0 Å². The van der Waals surface area contributed by atoms with Crippen molar-refractivity contribution in [2.24, 2.45) is 29.6 Å². The van der Waals surface area contributed by atoms with E-state index in [2.05, 4.69) is 47.6 Å². The third-order valence-corrected chi connectivity index (χ3v) is 6.12. The van der Waals surface area contributed by atoms with Gasteiger partial charge in [0.15, 0.2) is 0 Å². The van der Waals surface area contributed by atoms with Crippen LogP contribution in [0.25, 0.3) is 0 Å². The average molecular weight is 327 g/mol. The second-order valence-electron chi connectivity index (χ2n) is 7.62. The molecule has 0 amide bonds. The van der Waals surface area contributed by atoms with Crippen LogP contribution in [0.4, 0.5) is 0 Å². The number of hydrogen-bond acceptors (Lipinski definition) is 3. The Morgan fingerprint density at radius 1 is 0.913 bits per heavy atom. The van der Waals surface area contributed by atoms with E-state index >= 15 is 0 Å². The Balaban J connectivity index is 0.00000264. The molecule has 3 heteroatoms. The zero-order valence-corrected chi connectivity index (χ0v) is 15.3. The van der Waals surface area contributed by atoms with E-state index in [1.54, 1.807) is 0 Å². The predicted octanol–water partition coefficient (Wildman–Crippen LogP) is 4.91. The van der Waals surface area contributed by atoms with Gasteiger partial charge in [-0.25, -0.2) is 0 Å². The lowest BCUT2D eigenvalue weighted by Gasteiger charge is -2.43. The van der Waals surface area contributed by atoms with Gasteiger partial charge in [0, 0.05) is 11.8 Å². The minimum absolute atomic E-state index is 0. The fraction of sp³-hybridized carbons (Fsp3) is 0.900. The van der Waals surface area contributed by atoms with Crippen LogP contribution >= 0.6 is 0 Å². The van der Waals surface area contributed by atoms with E-state index in [4.69, 9.17) is 14.2 Å². The van der Waals surface area contributed by atoms with E-state index in [1.807, 2.05) is 6.92 Å². The van der Waals surface area contributed by atoms with Crippen molar-refractivity contribution in [3.63, 3.8) is 0 Å². The van der Waals surface area contributed by atoms with Crippen LogP contribution in [0.15, 0.2) is 11.8 Å². The first-order chi connectivity index (χ1) is 10.3. The van der Waals surface area contributed by atoms with Crippen LogP contribution < -0.4 is 0 Å². The highest BCUT2D eigenvalue weighted by atomic mass is 16.5. The summed E-state index contributed by atoms with van der Waals surface area (Å²) in [5, 5.41) is 0. The van der Waals surface area contributed by atoms with Crippen molar-refractivity contribution in [1.82, 2.24) is 0 Å². The molecule has 0 aliphatic carbocycles. The molecule has 23 heavy (non-hydrogen) atoms. The SMILES string of the molecule is C.CC1=CC(C)C(C)C(COCC2C(C)OC(C)C(C)C2C)O1. The van der Waals surface area contributed by atoms with Gasteiger partial charge in [-0.15, -0.1) is 0 Å². The van der Waals surface area contributed by atoms with Crippen LogP contribution in [-0.2, 0) is 14.2 Å². The molecule has 2 aliphatic heterocycles. The van der Waals surface area contributed by atoms with Gasteiger partial charge in [-0.2, -0.15) is 0 Å². The van der Waals surface area contributed by atoms with Crippen molar-refractivity contribution in [3.05, 3.63) is 11.8 Å². The quantitative estimate of drug-likeness (QED) is 0.734. The summed E-state index contributed by atoms with van der Waals surface area (Å²) >= 11 is 0. The maximum Gasteiger partial charge on any atom is 0.124 e. The Bertz CT molecular complexity index is 392. The largest absolute Gasteiger partial charge is 0.493 e. The van der Waals surface area contributed by atoms with Crippen molar-refractivity contribution in [2.75, 3.05) is 13.2 Å². The lowest BCUT2D eigenvalue weighted by atomic mass is 9.76. The molecule has 2 rings (SSSR count). The van der Waals surface area contributed by atoms with Gasteiger partial charge in [-0.1, -0.05) is 35.1 Å². The fourth-order valence-corrected chi connectivity index (χ4v) is 3.85. The molecule has 0 aromatic rings. The van der Waals surface area contributed by atoms with E-state index in [0.29, 0.717) is 42.3 Å². The van der Waals surface area contributed by atoms with E-state index in [0.717, 1.165) is 12.4 Å². The molecule has 1 saturated heterocycles. The molecule has 0 N–H and O–H groups in total. The molecule has 2 heterocycles. The summed E-state index contributed by atoms with van der Waals surface area (Å²) in [4.78, 5) is 0. The standard InChI is InChI=1S/C19H34O3.CH4/c1-11-8-12(2)21-19(13(11)3)10-20-9-18-15(5)14(4)16(6)22-17(18)7;/h8,11,13-19H,9-10H2,1-7H3;1H4. The molecule has 0 bridgehead atoms. The molecule has 136 valence electrons. The van der Waals surface area contributed by atoms with Gasteiger partial charge in [-0.05, 0) is 44.6 Å². The summed E-state index contributed by atoms with van der Waals surface area (Å²) in [6, 6.07) is 0. The molecule has 2 aliphatic rings. The second-order valence-corrected chi connectivity index (χ2v) is 7.62. The number of hydrogen-bond donors (Lipinski definition) is 0. The normalized spacial score (nSPS) is 44.0. The molecule has 0 radical (unpaired) electrons.